The molecule has 0 radical (unpaired) electrons. The van der Waals surface area contributed by atoms with Gasteiger partial charge < -0.3 is 15.5 Å². The van der Waals surface area contributed by atoms with Gasteiger partial charge in [-0.1, -0.05) is 0 Å². The second kappa shape index (κ2) is 5.53. The van der Waals surface area contributed by atoms with E-state index in [0.29, 0.717) is 52.9 Å². The van der Waals surface area contributed by atoms with Gasteiger partial charge in [-0.3, -0.25) is 20.1 Å². The maximum atomic E-state index is 11.3. The number of hydrogen-bond donors (Lipinski definition) is 3. The van der Waals surface area contributed by atoms with Crippen molar-refractivity contribution in [1.82, 2.24) is 0 Å². The molecule has 2 aromatic rings. The van der Waals surface area contributed by atoms with E-state index in [2.05, 4.69) is 31.2 Å². The van der Waals surface area contributed by atoms with Crippen LogP contribution in [0.15, 0.2) is 20.5 Å². The van der Waals surface area contributed by atoms with E-state index >= 15 is 0 Å². The summed E-state index contributed by atoms with van der Waals surface area (Å²) in [5, 5.41) is 37.3. The zero-order valence-corrected chi connectivity index (χ0v) is 15.5. The smallest absolute Gasteiger partial charge is 0.312 e. The molecule has 0 unspecified atom stereocenters. The molecule has 3 heterocycles. The van der Waals surface area contributed by atoms with Crippen molar-refractivity contribution in [3.05, 3.63) is 36.8 Å². The molecule has 0 saturated carbocycles. The number of nitrogens with one attached hydrogen (secondary N) is 1. The molecule has 5 rings (SSSR count). The maximum Gasteiger partial charge on any atom is 0.312 e. The van der Waals surface area contributed by atoms with E-state index in [1.807, 2.05) is 0 Å². The van der Waals surface area contributed by atoms with Crippen LogP contribution in [0, 0.1) is 10.1 Å². The van der Waals surface area contributed by atoms with E-state index in [4.69, 9.17) is 0 Å². The lowest BCUT2D eigenvalue weighted by Crippen LogP contribution is -2.33. The molecule has 2 aromatic carbocycles. The zero-order valence-electron chi connectivity index (χ0n) is 13.9. The van der Waals surface area contributed by atoms with Crippen LogP contribution in [0.5, 0.6) is 11.5 Å². The van der Waals surface area contributed by atoms with Crippen LogP contribution < -0.4 is 15.9 Å². The molecule has 27 heavy (non-hydrogen) atoms. The summed E-state index contributed by atoms with van der Waals surface area (Å²) in [6, 6.07) is 1.40. The molecule has 9 heteroatoms. The number of anilines is 1. The highest BCUT2D eigenvalue weighted by molar-refractivity contribution is 9.10. The molecule has 8 nitrogen and oxygen atoms in total. The van der Waals surface area contributed by atoms with Gasteiger partial charge in [0.05, 0.1) is 20.4 Å². The van der Waals surface area contributed by atoms with Crippen molar-refractivity contribution < 1.29 is 15.1 Å². The molecule has 3 aliphatic heterocycles. The van der Waals surface area contributed by atoms with Crippen LogP contribution >= 0.6 is 15.9 Å². The van der Waals surface area contributed by atoms with Crippen molar-refractivity contribution in [1.29, 1.82) is 0 Å². The lowest BCUT2D eigenvalue weighted by molar-refractivity contribution is -0.386. The standard InChI is InChI=1S/C18H13BrN4O4/c19-13-10-7(5-9(17(13)24)23(26)27)1-3-21-16-12(10)14-11-8(2-4-20-14)6-22-15(11)18(16)25/h5-6,21,24-25H,1-4H2. The van der Waals surface area contributed by atoms with Crippen molar-refractivity contribution in [2.45, 2.75) is 12.8 Å². The van der Waals surface area contributed by atoms with E-state index in [9.17, 15) is 20.3 Å². The second-order valence-corrected chi connectivity index (χ2v) is 7.41. The van der Waals surface area contributed by atoms with Gasteiger partial charge in [0.25, 0.3) is 0 Å². The molecule has 0 amide bonds. The molecule has 0 saturated heterocycles. The Kier molecular flexibility index (Phi) is 3.33. The van der Waals surface area contributed by atoms with Gasteiger partial charge in [-0.25, -0.2) is 0 Å². The lowest BCUT2D eigenvalue weighted by atomic mass is 9.93. The van der Waals surface area contributed by atoms with Crippen LogP contribution in [0.2, 0.25) is 0 Å². The summed E-state index contributed by atoms with van der Waals surface area (Å²) in [5.41, 5.74) is 3.61. The monoisotopic (exact) mass is 428 g/mol. The molecule has 136 valence electrons. The first-order valence-electron chi connectivity index (χ1n) is 8.42. The molecule has 0 aromatic heterocycles. The Bertz CT molecular complexity index is 1220. The Hall–Kier alpha value is -2.94. The minimum Gasteiger partial charge on any atom is -0.504 e. The first kappa shape index (κ1) is 16.2. The largest absolute Gasteiger partial charge is 0.504 e. The number of benzene rings is 2. The number of hydrogen-bond acceptors (Lipinski definition) is 7. The topological polar surface area (TPSA) is 120 Å². The quantitative estimate of drug-likeness (QED) is 0.365. The summed E-state index contributed by atoms with van der Waals surface area (Å²) >= 11 is 3.35. The molecule has 0 bridgehead atoms. The first-order valence-corrected chi connectivity index (χ1v) is 9.22. The van der Waals surface area contributed by atoms with Crippen LogP contribution in [0.25, 0.3) is 16.7 Å². The second-order valence-electron chi connectivity index (χ2n) is 6.61. The minimum atomic E-state index is -0.603. The summed E-state index contributed by atoms with van der Waals surface area (Å²) in [4.78, 5) is 19.7. The van der Waals surface area contributed by atoms with E-state index < -0.39 is 10.7 Å². The van der Waals surface area contributed by atoms with Crippen molar-refractivity contribution in [3.8, 4) is 22.6 Å². The number of nitro benzene ring substituents is 1. The first-order chi connectivity index (χ1) is 13.0. The zero-order chi connectivity index (χ0) is 18.9. The number of phenols is 2. The Balaban J connectivity index is 1.98. The maximum absolute atomic E-state index is 11.3. The van der Waals surface area contributed by atoms with Gasteiger partial charge in [0.15, 0.2) is 5.75 Å². The van der Waals surface area contributed by atoms with Crippen molar-refractivity contribution in [2.75, 3.05) is 18.4 Å². The van der Waals surface area contributed by atoms with Gasteiger partial charge in [0.1, 0.15) is 5.69 Å². The Labute approximate surface area is 160 Å². The number of nitrogens with zero attached hydrogens (tertiary/aromatic N) is 3. The fraction of sp³-hybridized carbons (Fsp3) is 0.222. The highest BCUT2D eigenvalue weighted by Crippen LogP contribution is 2.48. The highest BCUT2D eigenvalue weighted by Gasteiger charge is 2.31. The average Bonchev–Trinajstić information content (AvgIpc) is 2.98. The molecule has 0 spiro atoms. The van der Waals surface area contributed by atoms with Crippen molar-refractivity contribution >= 4 is 44.8 Å². The lowest BCUT2D eigenvalue weighted by Gasteiger charge is -2.17. The van der Waals surface area contributed by atoms with Crippen LogP contribution in [0.3, 0.4) is 0 Å². The van der Waals surface area contributed by atoms with Gasteiger partial charge in [0.2, 0.25) is 5.75 Å². The molecular formula is C18H13BrN4O4. The van der Waals surface area contributed by atoms with Crippen LogP contribution in [-0.2, 0) is 6.42 Å². The molecular weight excluding hydrogens is 416 g/mol. The number of halogens is 1. The number of phenolic OH excluding ortho intramolecular Hbond substituents is 2. The summed E-state index contributed by atoms with van der Waals surface area (Å²) in [7, 11) is 0. The van der Waals surface area contributed by atoms with Gasteiger partial charge in [-0.15, -0.1) is 0 Å². The third-order valence-corrected chi connectivity index (χ3v) is 5.96. The van der Waals surface area contributed by atoms with Crippen molar-refractivity contribution in [2.24, 2.45) is 9.98 Å². The molecule has 0 atom stereocenters. The van der Waals surface area contributed by atoms with E-state index in [1.54, 1.807) is 6.21 Å². The molecule has 3 N–H and O–H groups in total. The average molecular weight is 429 g/mol. The van der Waals surface area contributed by atoms with E-state index in [0.717, 1.165) is 17.2 Å². The van der Waals surface area contributed by atoms with Gasteiger partial charge in [0, 0.05) is 41.7 Å². The van der Waals surface area contributed by atoms with E-state index in [-0.39, 0.29) is 15.9 Å². The highest BCUT2D eigenvalue weighted by atomic mass is 79.9. The minimum absolute atomic E-state index is 0.0321. The normalized spacial score (nSPS) is 16.0. The summed E-state index contributed by atoms with van der Waals surface area (Å²) in [5.74, 6) is -0.403. The molecule has 3 aliphatic rings. The summed E-state index contributed by atoms with van der Waals surface area (Å²) < 4.78 is 0.230. The number of nitro groups is 1. The molecule has 0 aliphatic carbocycles. The third kappa shape index (κ3) is 2.08. The summed E-state index contributed by atoms with van der Waals surface area (Å²) in [6.45, 7) is 1.07. The Morgan fingerprint density at radius 1 is 1.22 bits per heavy atom. The molecule has 0 fully saturated rings. The van der Waals surface area contributed by atoms with Gasteiger partial charge >= 0.3 is 5.69 Å². The Morgan fingerprint density at radius 2 is 2.04 bits per heavy atom. The van der Waals surface area contributed by atoms with Crippen LogP contribution in [0.1, 0.15) is 12.0 Å². The SMILES string of the molecule is O=[N+]([O-])c1cc2c(c(Br)c1O)-c1c(c(O)c3c4c1=NCCC=4C=N3)NCC2. The predicted octanol–water partition coefficient (Wildman–Crippen LogP) is 2.29. The van der Waals surface area contributed by atoms with Gasteiger partial charge in [-0.2, -0.15) is 0 Å². The number of fused-ring (bicyclic) bond motifs is 4. The number of rotatable bonds is 1. The van der Waals surface area contributed by atoms with Crippen LogP contribution in [0.4, 0.5) is 17.1 Å². The Morgan fingerprint density at radius 3 is 2.81 bits per heavy atom. The van der Waals surface area contributed by atoms with Crippen LogP contribution in [-0.4, -0.2) is 34.4 Å². The van der Waals surface area contributed by atoms with E-state index in [1.165, 1.54) is 6.07 Å². The van der Waals surface area contributed by atoms with Gasteiger partial charge in [-0.05, 0) is 39.9 Å². The van der Waals surface area contributed by atoms with Crippen molar-refractivity contribution in [3.63, 3.8) is 0 Å². The fourth-order valence-corrected chi connectivity index (χ4v) is 4.66. The summed E-state index contributed by atoms with van der Waals surface area (Å²) in [6.07, 6.45) is 2.99. The third-order valence-electron chi connectivity index (χ3n) is 5.19. The predicted molar refractivity (Wildman–Crippen MR) is 104 cm³/mol. The number of aliphatic imine (C=N–C) groups is 1. The fourth-order valence-electron chi connectivity index (χ4n) is 4.01. The number of aromatic hydroxyl groups is 2.